The Labute approximate surface area is 158 Å². The Morgan fingerprint density at radius 3 is 2.52 bits per heavy atom. The van der Waals surface area contributed by atoms with Crippen molar-refractivity contribution in [3.63, 3.8) is 0 Å². The summed E-state index contributed by atoms with van der Waals surface area (Å²) < 4.78 is 11.0. The predicted octanol–water partition coefficient (Wildman–Crippen LogP) is 1.90. The molecule has 2 aromatic rings. The maximum Gasteiger partial charge on any atom is 0.328 e. The molecule has 27 heavy (non-hydrogen) atoms. The van der Waals surface area contributed by atoms with Gasteiger partial charge in [-0.15, -0.1) is 11.3 Å². The van der Waals surface area contributed by atoms with Gasteiger partial charge >= 0.3 is 5.97 Å². The summed E-state index contributed by atoms with van der Waals surface area (Å²) in [7, 11) is 0. The number of furan rings is 1. The number of carbonyl (C=O) groups is 3. The van der Waals surface area contributed by atoms with Crippen molar-refractivity contribution < 1.29 is 28.6 Å². The fourth-order valence-electron chi connectivity index (χ4n) is 3.69. The summed E-state index contributed by atoms with van der Waals surface area (Å²) in [6.07, 6.45) is 2.07. The summed E-state index contributed by atoms with van der Waals surface area (Å²) >= 11 is 1.38. The Morgan fingerprint density at radius 1 is 1.15 bits per heavy atom. The van der Waals surface area contributed by atoms with Crippen molar-refractivity contribution in [2.45, 2.75) is 24.6 Å². The second kappa shape index (κ2) is 6.82. The first-order valence-corrected chi connectivity index (χ1v) is 9.46. The monoisotopic (exact) mass is 390 g/mol. The zero-order valence-corrected chi connectivity index (χ0v) is 15.2. The van der Waals surface area contributed by atoms with E-state index < -0.39 is 23.6 Å². The lowest BCUT2D eigenvalue weighted by molar-refractivity contribution is -0.143. The molecule has 2 amide bonds. The lowest BCUT2D eigenvalue weighted by Crippen LogP contribution is -2.58. The molecule has 2 saturated heterocycles. The first kappa shape index (κ1) is 17.7. The van der Waals surface area contributed by atoms with E-state index in [1.165, 1.54) is 28.6 Å². The molecule has 0 aliphatic carbocycles. The number of nitrogens with zero attached hydrogens (tertiary/aromatic N) is 2. The first-order chi connectivity index (χ1) is 13.0. The van der Waals surface area contributed by atoms with E-state index in [9.17, 15) is 19.5 Å². The molecule has 2 aliphatic heterocycles. The Morgan fingerprint density at radius 2 is 1.93 bits per heavy atom. The largest absolute Gasteiger partial charge is 0.480 e. The summed E-state index contributed by atoms with van der Waals surface area (Å²) in [5, 5.41) is 11.4. The fraction of sp³-hybridized carbons (Fsp3) is 0.389. The van der Waals surface area contributed by atoms with Crippen molar-refractivity contribution in [2.75, 3.05) is 19.7 Å². The Kier molecular flexibility index (Phi) is 4.48. The van der Waals surface area contributed by atoms with Gasteiger partial charge in [0.1, 0.15) is 5.72 Å². The average Bonchev–Trinajstić information content (AvgIpc) is 3.42. The third kappa shape index (κ3) is 3.02. The second-order valence-corrected chi connectivity index (χ2v) is 7.48. The minimum Gasteiger partial charge on any atom is -0.480 e. The summed E-state index contributed by atoms with van der Waals surface area (Å²) in [4.78, 5) is 40.8. The minimum absolute atomic E-state index is 0.0588. The van der Waals surface area contributed by atoms with Crippen LogP contribution in [0.25, 0.3) is 0 Å². The molecule has 9 heteroatoms. The number of hydrogen-bond acceptors (Lipinski definition) is 6. The molecule has 0 saturated carbocycles. The smallest absolute Gasteiger partial charge is 0.328 e. The molecular weight excluding hydrogens is 372 g/mol. The third-order valence-corrected chi connectivity index (χ3v) is 5.92. The van der Waals surface area contributed by atoms with Crippen molar-refractivity contribution in [3.05, 3.63) is 46.5 Å². The summed E-state index contributed by atoms with van der Waals surface area (Å²) in [5.74, 6) is -1.62. The number of piperidine rings is 1. The molecule has 0 bridgehead atoms. The van der Waals surface area contributed by atoms with Crippen molar-refractivity contribution >= 4 is 29.1 Å². The third-order valence-electron chi connectivity index (χ3n) is 5.06. The van der Waals surface area contributed by atoms with E-state index in [1.807, 2.05) is 11.4 Å². The van der Waals surface area contributed by atoms with Gasteiger partial charge in [0.25, 0.3) is 11.8 Å². The summed E-state index contributed by atoms with van der Waals surface area (Å²) in [6, 6.07) is 5.60. The van der Waals surface area contributed by atoms with Gasteiger partial charge in [0.05, 0.1) is 17.7 Å². The van der Waals surface area contributed by atoms with Crippen LogP contribution in [-0.4, -0.2) is 64.2 Å². The Hall–Kier alpha value is -2.65. The Balaban J connectivity index is 1.55. The molecule has 8 nitrogen and oxygen atoms in total. The van der Waals surface area contributed by atoms with E-state index in [1.54, 1.807) is 17.0 Å². The van der Waals surface area contributed by atoms with Crippen LogP contribution in [0.15, 0.2) is 40.3 Å². The van der Waals surface area contributed by atoms with Crippen LogP contribution in [0.4, 0.5) is 0 Å². The fourth-order valence-corrected chi connectivity index (χ4v) is 4.38. The van der Waals surface area contributed by atoms with Crippen LogP contribution in [0.1, 0.15) is 33.1 Å². The SMILES string of the molecule is O=C(O)[C@@H]1COC2(CCN(C(=O)c3cccs3)CC2)N1C(=O)c1ccco1. The molecule has 4 heterocycles. The number of rotatable bonds is 3. The number of likely N-dealkylation sites (tertiary alicyclic amines) is 1. The number of carboxylic acid groups (broad SMARTS) is 1. The lowest BCUT2D eigenvalue weighted by Gasteiger charge is -2.43. The molecule has 2 fully saturated rings. The van der Waals surface area contributed by atoms with E-state index in [0.717, 1.165) is 0 Å². The van der Waals surface area contributed by atoms with E-state index in [0.29, 0.717) is 30.8 Å². The van der Waals surface area contributed by atoms with Crippen LogP contribution in [0.3, 0.4) is 0 Å². The number of ether oxygens (including phenoxy) is 1. The van der Waals surface area contributed by atoms with Crippen LogP contribution >= 0.6 is 11.3 Å². The van der Waals surface area contributed by atoms with E-state index in [2.05, 4.69) is 0 Å². The molecule has 0 unspecified atom stereocenters. The minimum atomic E-state index is -1.12. The lowest BCUT2D eigenvalue weighted by atomic mass is 9.97. The molecule has 2 aromatic heterocycles. The van der Waals surface area contributed by atoms with Crippen molar-refractivity contribution in [1.29, 1.82) is 0 Å². The average molecular weight is 390 g/mol. The zero-order chi connectivity index (χ0) is 19.0. The molecular formula is C18H18N2O6S. The van der Waals surface area contributed by atoms with Gasteiger partial charge in [0, 0.05) is 25.9 Å². The molecule has 0 aromatic carbocycles. The van der Waals surface area contributed by atoms with E-state index >= 15 is 0 Å². The van der Waals surface area contributed by atoms with Gasteiger partial charge in [-0.05, 0) is 23.6 Å². The highest BCUT2D eigenvalue weighted by atomic mass is 32.1. The van der Waals surface area contributed by atoms with Gasteiger partial charge in [0.2, 0.25) is 0 Å². The molecule has 2 aliphatic rings. The maximum absolute atomic E-state index is 12.9. The predicted molar refractivity (Wildman–Crippen MR) is 94.4 cm³/mol. The van der Waals surface area contributed by atoms with Crippen molar-refractivity contribution in [2.24, 2.45) is 0 Å². The first-order valence-electron chi connectivity index (χ1n) is 8.58. The van der Waals surface area contributed by atoms with Crippen LogP contribution in [-0.2, 0) is 9.53 Å². The highest BCUT2D eigenvalue weighted by Gasteiger charge is 2.54. The number of amides is 2. The molecule has 0 radical (unpaired) electrons. The number of hydrogen-bond donors (Lipinski definition) is 1. The number of aliphatic carboxylic acids is 1. The molecule has 142 valence electrons. The molecule has 1 atom stereocenters. The number of carbonyl (C=O) groups excluding carboxylic acids is 2. The van der Waals surface area contributed by atoms with E-state index in [4.69, 9.17) is 9.15 Å². The van der Waals surface area contributed by atoms with Gasteiger partial charge in [-0.25, -0.2) is 4.79 Å². The number of carboxylic acids is 1. The normalized spacial score (nSPS) is 21.6. The molecule has 1 N–H and O–H groups in total. The second-order valence-electron chi connectivity index (χ2n) is 6.53. The van der Waals surface area contributed by atoms with Gasteiger partial charge in [-0.1, -0.05) is 6.07 Å². The highest BCUT2D eigenvalue weighted by molar-refractivity contribution is 7.12. The van der Waals surface area contributed by atoms with Crippen LogP contribution in [0.2, 0.25) is 0 Å². The van der Waals surface area contributed by atoms with Gasteiger partial charge in [-0.2, -0.15) is 0 Å². The van der Waals surface area contributed by atoms with Crippen molar-refractivity contribution in [3.8, 4) is 0 Å². The molecule has 1 spiro atoms. The quantitative estimate of drug-likeness (QED) is 0.859. The van der Waals surface area contributed by atoms with Crippen LogP contribution in [0, 0.1) is 0 Å². The topological polar surface area (TPSA) is 100 Å². The summed E-state index contributed by atoms with van der Waals surface area (Å²) in [6.45, 7) is 0.677. The van der Waals surface area contributed by atoms with Gasteiger partial charge in [-0.3, -0.25) is 14.5 Å². The van der Waals surface area contributed by atoms with E-state index in [-0.39, 0.29) is 18.3 Å². The zero-order valence-electron chi connectivity index (χ0n) is 14.4. The Bertz CT molecular complexity index is 839. The maximum atomic E-state index is 12.9. The standard InChI is InChI=1S/C18H18N2O6S/c21-15(13-3-1-9-25-13)20-12(17(23)24)11-26-18(20)5-7-19(8-6-18)16(22)14-4-2-10-27-14/h1-4,9-10,12H,5-8,11H2,(H,23,24)/t12-/m0/s1. The van der Waals surface area contributed by atoms with Crippen LogP contribution < -0.4 is 0 Å². The highest BCUT2D eigenvalue weighted by Crippen LogP contribution is 2.38. The van der Waals surface area contributed by atoms with Gasteiger partial charge in [0.15, 0.2) is 11.8 Å². The molecule has 4 rings (SSSR count). The number of thiophene rings is 1. The van der Waals surface area contributed by atoms with Crippen molar-refractivity contribution in [1.82, 2.24) is 9.80 Å². The van der Waals surface area contributed by atoms with Gasteiger partial charge < -0.3 is 19.2 Å². The summed E-state index contributed by atoms with van der Waals surface area (Å²) in [5.41, 5.74) is -1.04. The van der Waals surface area contributed by atoms with Crippen LogP contribution in [0.5, 0.6) is 0 Å².